The third kappa shape index (κ3) is 2.17. The van der Waals surface area contributed by atoms with Crippen molar-refractivity contribution in [1.29, 1.82) is 0 Å². The Balaban J connectivity index is 3.53. The predicted octanol–water partition coefficient (Wildman–Crippen LogP) is -0.603. The summed E-state index contributed by atoms with van der Waals surface area (Å²) in [5.74, 6) is 0.611. The molecule has 0 bridgehead atoms. The highest BCUT2D eigenvalue weighted by atomic mass is 15.4. The van der Waals surface area contributed by atoms with Crippen molar-refractivity contribution < 1.29 is 0 Å². The topological polar surface area (TPSA) is 48.8 Å². The van der Waals surface area contributed by atoms with Crippen molar-refractivity contribution in [3.8, 4) is 0 Å². The number of nitrogens with one attached hydrogen (secondary N) is 2. The van der Waals surface area contributed by atoms with Gasteiger partial charge in [0.25, 0.3) is 0 Å². The molecule has 0 atom stereocenters. The summed E-state index contributed by atoms with van der Waals surface area (Å²) in [6.07, 6.45) is 0. The molecule has 46 valence electrons. The van der Waals surface area contributed by atoms with Crippen molar-refractivity contribution in [3.63, 3.8) is 0 Å². The number of rotatable bonds is 1. The summed E-state index contributed by atoms with van der Waals surface area (Å²) in [5.41, 5.74) is 2.53. The molecule has 0 aromatic rings. The van der Waals surface area contributed by atoms with Crippen molar-refractivity contribution in [3.05, 3.63) is 0 Å². The average molecular weight is 114 g/mol. The van der Waals surface area contributed by atoms with Gasteiger partial charge in [0.2, 0.25) is 5.96 Å². The van der Waals surface area contributed by atoms with Gasteiger partial charge in [-0.3, -0.25) is 4.99 Å². The molecule has 0 saturated heterocycles. The molecule has 0 rings (SSSR count). The summed E-state index contributed by atoms with van der Waals surface area (Å²) in [7, 11) is 3.41. The highest BCUT2D eigenvalue weighted by Gasteiger charge is 1.83. The molecule has 4 nitrogen and oxygen atoms in total. The Bertz CT molecular complexity index is 96.2. The van der Waals surface area contributed by atoms with Crippen molar-refractivity contribution in [2.45, 2.75) is 0 Å². The molecule has 4 heteroatoms. The van der Waals surface area contributed by atoms with E-state index in [2.05, 4.69) is 27.6 Å². The Morgan fingerprint density at radius 2 is 2.25 bits per heavy atom. The Hall–Kier alpha value is -1.06. The first-order valence-corrected chi connectivity index (χ1v) is 2.21. The standard InChI is InChI=1S/C4H10N4/c1-5-4(6-2)8-7-3/h3H2,1-2H3,(H2,5,6,8). The summed E-state index contributed by atoms with van der Waals surface area (Å²) >= 11 is 0. The third-order valence-electron chi connectivity index (χ3n) is 0.645. The largest absolute Gasteiger partial charge is 0.358 e. The maximum Gasteiger partial charge on any atom is 0.211 e. The van der Waals surface area contributed by atoms with E-state index in [0.29, 0.717) is 5.96 Å². The third-order valence-corrected chi connectivity index (χ3v) is 0.645. The molecular formula is C4H10N4. The summed E-state index contributed by atoms with van der Waals surface area (Å²) < 4.78 is 0. The highest BCUT2D eigenvalue weighted by Crippen LogP contribution is 1.59. The molecule has 0 fully saturated rings. The van der Waals surface area contributed by atoms with Gasteiger partial charge in [-0.05, 0) is 0 Å². The van der Waals surface area contributed by atoms with E-state index in [0.717, 1.165) is 0 Å². The number of hydrazone groups is 1. The van der Waals surface area contributed by atoms with Gasteiger partial charge in [0.1, 0.15) is 0 Å². The first-order valence-electron chi connectivity index (χ1n) is 2.21. The molecule has 0 radical (unpaired) electrons. The lowest BCUT2D eigenvalue weighted by Crippen LogP contribution is -2.30. The zero-order valence-corrected chi connectivity index (χ0v) is 5.10. The van der Waals surface area contributed by atoms with Crippen molar-refractivity contribution in [2.24, 2.45) is 10.1 Å². The van der Waals surface area contributed by atoms with Gasteiger partial charge in [0.05, 0.1) is 0 Å². The van der Waals surface area contributed by atoms with Crippen LogP contribution in [0.5, 0.6) is 0 Å². The van der Waals surface area contributed by atoms with Crippen LogP contribution >= 0.6 is 0 Å². The molecule has 0 aliphatic carbocycles. The van der Waals surface area contributed by atoms with Crippen LogP contribution in [0.1, 0.15) is 0 Å². The summed E-state index contributed by atoms with van der Waals surface area (Å²) in [5, 5.41) is 6.14. The quantitative estimate of drug-likeness (QED) is 0.271. The molecular weight excluding hydrogens is 104 g/mol. The fraction of sp³-hybridized carbons (Fsp3) is 0.500. The Labute approximate surface area is 48.7 Å². The van der Waals surface area contributed by atoms with Crippen LogP contribution in [0.3, 0.4) is 0 Å². The maximum absolute atomic E-state index is 3.76. The van der Waals surface area contributed by atoms with E-state index in [1.165, 1.54) is 0 Å². The molecule has 0 spiro atoms. The van der Waals surface area contributed by atoms with E-state index < -0.39 is 0 Å². The van der Waals surface area contributed by atoms with Gasteiger partial charge in [0, 0.05) is 20.8 Å². The second-order valence-electron chi connectivity index (χ2n) is 1.09. The van der Waals surface area contributed by atoms with E-state index in [1.807, 2.05) is 0 Å². The van der Waals surface area contributed by atoms with Crippen LogP contribution < -0.4 is 10.7 Å². The van der Waals surface area contributed by atoms with E-state index in [-0.39, 0.29) is 0 Å². The van der Waals surface area contributed by atoms with Gasteiger partial charge in [-0.25, -0.2) is 5.43 Å². The van der Waals surface area contributed by atoms with Crippen molar-refractivity contribution >= 4 is 12.7 Å². The van der Waals surface area contributed by atoms with Gasteiger partial charge >= 0.3 is 0 Å². The van der Waals surface area contributed by atoms with Crippen LogP contribution in [-0.2, 0) is 0 Å². The first kappa shape index (κ1) is 6.94. The molecule has 0 aliphatic heterocycles. The van der Waals surface area contributed by atoms with Gasteiger partial charge < -0.3 is 5.32 Å². The minimum Gasteiger partial charge on any atom is -0.358 e. The lowest BCUT2D eigenvalue weighted by molar-refractivity contribution is 0.947. The number of hydrogen-bond donors (Lipinski definition) is 2. The van der Waals surface area contributed by atoms with Crippen molar-refractivity contribution in [1.82, 2.24) is 10.7 Å². The zero-order chi connectivity index (χ0) is 6.41. The second-order valence-corrected chi connectivity index (χ2v) is 1.09. The lowest BCUT2D eigenvalue weighted by atomic mass is 10.9. The molecule has 8 heavy (non-hydrogen) atoms. The molecule has 0 aromatic heterocycles. The normalized spacial score (nSPS) is 10.5. The van der Waals surface area contributed by atoms with Crippen LogP contribution in [0, 0.1) is 0 Å². The zero-order valence-electron chi connectivity index (χ0n) is 5.10. The molecule has 0 aromatic carbocycles. The fourth-order valence-corrected chi connectivity index (χ4v) is 0.293. The molecule has 0 aliphatic rings. The monoisotopic (exact) mass is 114 g/mol. The lowest BCUT2D eigenvalue weighted by Gasteiger charge is -1.99. The Kier molecular flexibility index (Phi) is 3.56. The van der Waals surface area contributed by atoms with Crippen LogP contribution in [-0.4, -0.2) is 26.8 Å². The Morgan fingerprint density at radius 3 is 2.38 bits per heavy atom. The SMILES string of the molecule is C=NNC(=NC)NC. The molecule has 2 N–H and O–H groups in total. The van der Waals surface area contributed by atoms with Gasteiger partial charge in [-0.1, -0.05) is 0 Å². The minimum absolute atomic E-state index is 0.611. The fourth-order valence-electron chi connectivity index (χ4n) is 0.293. The summed E-state index contributed by atoms with van der Waals surface area (Å²) in [6.45, 7) is 3.21. The predicted molar refractivity (Wildman–Crippen MR) is 35.1 cm³/mol. The molecule has 0 unspecified atom stereocenters. The first-order chi connectivity index (χ1) is 3.85. The van der Waals surface area contributed by atoms with Crippen LogP contribution in [0.4, 0.5) is 0 Å². The van der Waals surface area contributed by atoms with E-state index in [1.54, 1.807) is 14.1 Å². The van der Waals surface area contributed by atoms with E-state index in [9.17, 15) is 0 Å². The second kappa shape index (κ2) is 4.11. The maximum atomic E-state index is 3.76. The molecule has 0 saturated carbocycles. The van der Waals surface area contributed by atoms with E-state index in [4.69, 9.17) is 0 Å². The average Bonchev–Trinajstić information content (AvgIpc) is 1.83. The summed E-state index contributed by atoms with van der Waals surface area (Å²) in [6, 6.07) is 0. The van der Waals surface area contributed by atoms with Crippen LogP contribution in [0.2, 0.25) is 0 Å². The number of guanidine groups is 1. The van der Waals surface area contributed by atoms with Crippen LogP contribution in [0.15, 0.2) is 10.1 Å². The molecule has 0 amide bonds. The number of hydrogen-bond acceptors (Lipinski definition) is 2. The highest BCUT2D eigenvalue weighted by molar-refractivity contribution is 5.79. The van der Waals surface area contributed by atoms with Gasteiger partial charge in [-0.2, -0.15) is 5.10 Å². The minimum atomic E-state index is 0.611. The smallest absolute Gasteiger partial charge is 0.211 e. The summed E-state index contributed by atoms with van der Waals surface area (Å²) in [4.78, 5) is 3.76. The van der Waals surface area contributed by atoms with Gasteiger partial charge in [0.15, 0.2) is 0 Å². The van der Waals surface area contributed by atoms with Crippen LogP contribution in [0.25, 0.3) is 0 Å². The number of aliphatic imine (C=N–C) groups is 1. The van der Waals surface area contributed by atoms with E-state index >= 15 is 0 Å². The van der Waals surface area contributed by atoms with Crippen molar-refractivity contribution in [2.75, 3.05) is 14.1 Å². The number of nitrogens with zero attached hydrogens (tertiary/aromatic N) is 2. The molecule has 0 heterocycles. The Morgan fingerprint density at radius 1 is 1.62 bits per heavy atom. The van der Waals surface area contributed by atoms with Gasteiger partial charge in [-0.15, -0.1) is 0 Å².